The number of nitrogens with zero attached hydrogens (tertiary/aromatic N) is 1. The minimum Gasteiger partial charge on any atom is -0.483 e. The second-order valence-electron chi connectivity index (χ2n) is 6.00. The second kappa shape index (κ2) is 8.47. The minimum absolute atomic E-state index is 0.168. The van der Waals surface area contributed by atoms with Crippen molar-refractivity contribution >= 4 is 16.3 Å². The van der Waals surface area contributed by atoms with Crippen LogP contribution in [0.15, 0.2) is 22.8 Å². The van der Waals surface area contributed by atoms with Crippen molar-refractivity contribution in [3.63, 3.8) is 0 Å². The number of nitrogens with one attached hydrogen (secondary N) is 1. The summed E-state index contributed by atoms with van der Waals surface area (Å²) in [6.07, 6.45) is 4.65. The number of rotatable bonds is 4. The summed E-state index contributed by atoms with van der Waals surface area (Å²) in [6, 6.07) is 4.56. The summed E-state index contributed by atoms with van der Waals surface area (Å²) in [4.78, 5) is 10.8. The zero-order valence-electron chi connectivity index (χ0n) is 13.1. The van der Waals surface area contributed by atoms with E-state index in [0.717, 1.165) is 44.7 Å². The molecule has 0 aromatic carbocycles. The normalized spacial score (nSPS) is 24.8. The first kappa shape index (κ1) is 18.0. The van der Waals surface area contributed by atoms with Gasteiger partial charge in [0, 0.05) is 25.2 Å². The number of likely N-dealkylation sites (tertiary alicyclic amines) is 1. The first-order valence-corrected chi connectivity index (χ1v) is 9.63. The van der Waals surface area contributed by atoms with Crippen LogP contribution in [0.1, 0.15) is 25.0 Å². The van der Waals surface area contributed by atoms with E-state index in [0.29, 0.717) is 17.5 Å². The molecule has 0 amide bonds. The highest BCUT2D eigenvalue weighted by molar-refractivity contribution is 7.91. The summed E-state index contributed by atoms with van der Waals surface area (Å²) in [7, 11) is -2.78. The monoisotopic (exact) mass is 344 g/mol. The van der Waals surface area contributed by atoms with E-state index in [-0.39, 0.29) is 12.5 Å². The van der Waals surface area contributed by atoms with E-state index >= 15 is 0 Å². The first-order valence-electron chi connectivity index (χ1n) is 7.81. The number of carboxylic acid groups (broad SMARTS) is 1. The van der Waals surface area contributed by atoms with Gasteiger partial charge in [0.05, 0.1) is 24.3 Å². The molecular formula is C15H24N2O5S. The average Bonchev–Trinajstić information content (AvgIpc) is 3.12. The van der Waals surface area contributed by atoms with E-state index in [2.05, 4.69) is 10.2 Å². The second-order valence-corrected chi connectivity index (χ2v) is 8.23. The van der Waals surface area contributed by atoms with Gasteiger partial charge in [-0.1, -0.05) is 0 Å². The quantitative estimate of drug-likeness (QED) is 0.776. The molecule has 0 bridgehead atoms. The molecule has 1 aromatic rings. The van der Waals surface area contributed by atoms with Crippen LogP contribution in [0.5, 0.6) is 0 Å². The van der Waals surface area contributed by atoms with Gasteiger partial charge in [0.1, 0.15) is 5.76 Å². The number of sulfone groups is 1. The number of furan rings is 1. The summed E-state index contributed by atoms with van der Waals surface area (Å²) in [5.41, 5.74) is 0. The fraction of sp³-hybridized carbons (Fsp3) is 0.667. The topological polar surface area (TPSA) is 99.8 Å². The van der Waals surface area contributed by atoms with E-state index in [1.807, 2.05) is 12.1 Å². The van der Waals surface area contributed by atoms with E-state index < -0.39 is 9.84 Å². The lowest BCUT2D eigenvalue weighted by Gasteiger charge is -2.33. The summed E-state index contributed by atoms with van der Waals surface area (Å²) in [5.74, 6) is 1.68. The smallest absolute Gasteiger partial charge is 0.290 e. The van der Waals surface area contributed by atoms with Crippen molar-refractivity contribution in [1.29, 1.82) is 0 Å². The Balaban J connectivity index is 0.000000595. The Kier molecular flexibility index (Phi) is 6.61. The van der Waals surface area contributed by atoms with Gasteiger partial charge in [0.2, 0.25) is 0 Å². The van der Waals surface area contributed by atoms with E-state index in [1.165, 1.54) is 0 Å². The SMILES string of the molecule is O=CO.O=S1(=O)CCC(NC2CCN(Cc3ccco3)CC2)C1. The van der Waals surface area contributed by atoms with Crippen molar-refractivity contribution in [2.45, 2.75) is 37.9 Å². The van der Waals surface area contributed by atoms with Crippen LogP contribution in [0.3, 0.4) is 0 Å². The molecule has 7 nitrogen and oxygen atoms in total. The van der Waals surface area contributed by atoms with Crippen LogP contribution in [0.2, 0.25) is 0 Å². The van der Waals surface area contributed by atoms with Gasteiger partial charge in [-0.2, -0.15) is 0 Å². The van der Waals surface area contributed by atoms with E-state index in [9.17, 15) is 8.42 Å². The molecule has 0 radical (unpaired) electrons. The van der Waals surface area contributed by atoms with E-state index in [1.54, 1.807) is 6.26 Å². The summed E-state index contributed by atoms with van der Waals surface area (Å²) in [5, 5.41) is 10.4. The predicted octanol–water partition coefficient (Wildman–Crippen LogP) is 0.722. The van der Waals surface area contributed by atoms with Crippen molar-refractivity contribution in [1.82, 2.24) is 10.2 Å². The van der Waals surface area contributed by atoms with Crippen molar-refractivity contribution in [3.8, 4) is 0 Å². The molecule has 2 fully saturated rings. The zero-order valence-corrected chi connectivity index (χ0v) is 13.9. The third kappa shape index (κ3) is 5.96. The molecule has 2 aliphatic rings. The fourth-order valence-electron chi connectivity index (χ4n) is 3.14. The molecule has 3 rings (SSSR count). The van der Waals surface area contributed by atoms with Crippen LogP contribution in [-0.2, 0) is 21.2 Å². The molecule has 1 aromatic heterocycles. The molecule has 2 N–H and O–H groups in total. The molecule has 2 saturated heterocycles. The van der Waals surface area contributed by atoms with Crippen LogP contribution in [0.4, 0.5) is 0 Å². The Labute approximate surface area is 136 Å². The third-order valence-electron chi connectivity index (χ3n) is 4.25. The Morgan fingerprint density at radius 1 is 1.30 bits per heavy atom. The lowest BCUT2D eigenvalue weighted by molar-refractivity contribution is -0.122. The van der Waals surface area contributed by atoms with Gasteiger partial charge in [-0.25, -0.2) is 8.42 Å². The molecule has 130 valence electrons. The molecule has 2 aliphatic heterocycles. The summed E-state index contributed by atoms with van der Waals surface area (Å²) in [6.45, 7) is 2.70. The standard InChI is InChI=1S/C14H22N2O3S.CH2O2/c17-20(18)9-5-13(11-20)15-12-3-6-16(7-4-12)10-14-2-1-8-19-14;2-1-3/h1-2,8,12-13,15H,3-7,9-11H2;1H,(H,2,3). The van der Waals surface area contributed by atoms with Crippen LogP contribution < -0.4 is 5.32 Å². The number of hydrogen-bond acceptors (Lipinski definition) is 6. The molecule has 8 heteroatoms. The molecular weight excluding hydrogens is 320 g/mol. The number of carbonyl (C=O) groups is 1. The lowest BCUT2D eigenvalue weighted by Crippen LogP contribution is -2.46. The van der Waals surface area contributed by atoms with Crippen molar-refractivity contribution < 1.29 is 22.7 Å². The van der Waals surface area contributed by atoms with Crippen LogP contribution in [0.25, 0.3) is 0 Å². The zero-order chi connectivity index (χ0) is 16.7. The maximum Gasteiger partial charge on any atom is 0.290 e. The average molecular weight is 344 g/mol. The van der Waals surface area contributed by atoms with Gasteiger partial charge < -0.3 is 14.8 Å². The molecule has 0 spiro atoms. The van der Waals surface area contributed by atoms with Crippen LogP contribution >= 0.6 is 0 Å². The largest absolute Gasteiger partial charge is 0.483 e. The fourth-order valence-corrected chi connectivity index (χ4v) is 4.83. The predicted molar refractivity (Wildman–Crippen MR) is 85.9 cm³/mol. The van der Waals surface area contributed by atoms with Gasteiger partial charge in [-0.05, 0) is 31.4 Å². The van der Waals surface area contributed by atoms with Crippen molar-refractivity contribution in [2.24, 2.45) is 0 Å². The van der Waals surface area contributed by atoms with E-state index in [4.69, 9.17) is 14.3 Å². The molecule has 1 unspecified atom stereocenters. The Hall–Kier alpha value is -1.38. The summed E-state index contributed by atoms with van der Waals surface area (Å²) >= 11 is 0. The maximum absolute atomic E-state index is 11.5. The molecule has 1 atom stereocenters. The highest BCUT2D eigenvalue weighted by Gasteiger charge is 2.30. The Bertz CT molecular complexity index is 565. The molecule has 0 saturated carbocycles. The Morgan fingerprint density at radius 3 is 2.52 bits per heavy atom. The van der Waals surface area contributed by atoms with Crippen molar-refractivity contribution in [2.75, 3.05) is 24.6 Å². The molecule has 3 heterocycles. The van der Waals surface area contributed by atoms with Crippen molar-refractivity contribution in [3.05, 3.63) is 24.2 Å². The highest BCUT2D eigenvalue weighted by Crippen LogP contribution is 2.17. The van der Waals surface area contributed by atoms with Gasteiger partial charge in [0.25, 0.3) is 6.47 Å². The number of piperidine rings is 1. The molecule has 23 heavy (non-hydrogen) atoms. The highest BCUT2D eigenvalue weighted by atomic mass is 32.2. The molecule has 0 aliphatic carbocycles. The van der Waals surface area contributed by atoms with Crippen LogP contribution in [0, 0.1) is 0 Å². The van der Waals surface area contributed by atoms with Gasteiger partial charge in [-0.15, -0.1) is 0 Å². The summed E-state index contributed by atoms with van der Waals surface area (Å²) < 4.78 is 28.3. The van der Waals surface area contributed by atoms with Gasteiger partial charge in [-0.3, -0.25) is 9.69 Å². The van der Waals surface area contributed by atoms with Crippen LogP contribution in [-0.4, -0.2) is 61.6 Å². The third-order valence-corrected chi connectivity index (χ3v) is 6.02. The van der Waals surface area contributed by atoms with Gasteiger partial charge in [0.15, 0.2) is 9.84 Å². The first-order chi connectivity index (χ1) is 11.0. The number of hydrogen-bond donors (Lipinski definition) is 2. The maximum atomic E-state index is 11.5. The lowest BCUT2D eigenvalue weighted by atomic mass is 10.0. The minimum atomic E-state index is -2.78. The van der Waals surface area contributed by atoms with Gasteiger partial charge >= 0.3 is 0 Å². The Morgan fingerprint density at radius 2 is 2.00 bits per heavy atom.